The second kappa shape index (κ2) is 5.83. The number of aliphatic hydroxyl groups is 1. The predicted molar refractivity (Wildman–Crippen MR) is 77.7 cm³/mol. The molecular formula is C15H26N2O4. The van der Waals surface area contributed by atoms with Crippen molar-refractivity contribution < 1.29 is 19.4 Å². The van der Waals surface area contributed by atoms with E-state index in [-0.39, 0.29) is 30.1 Å². The molecule has 0 radical (unpaired) electrons. The van der Waals surface area contributed by atoms with Gasteiger partial charge in [-0.15, -0.1) is 0 Å². The highest BCUT2D eigenvalue weighted by Crippen LogP contribution is 2.41. The van der Waals surface area contributed by atoms with Gasteiger partial charge in [0, 0.05) is 25.7 Å². The average Bonchev–Trinajstić information content (AvgIpc) is 2.65. The van der Waals surface area contributed by atoms with E-state index in [1.165, 1.54) is 0 Å². The third-order valence-electron chi connectivity index (χ3n) is 4.30. The third kappa shape index (κ3) is 3.67. The van der Waals surface area contributed by atoms with E-state index in [2.05, 4.69) is 5.32 Å². The molecule has 2 amide bonds. The minimum absolute atomic E-state index is 0.0653. The monoisotopic (exact) mass is 298 g/mol. The standard InChI is InChI=1S/C15H26N2O4/c1-14(2,3)21-13(20)17-7-5-15(6-8-17)10-11(4-9-18)16-12(15)19/h11,18H,4-10H2,1-3H3,(H,16,19). The zero-order valence-corrected chi connectivity index (χ0v) is 13.1. The predicted octanol–water partition coefficient (Wildman–Crippen LogP) is 1.27. The lowest BCUT2D eigenvalue weighted by Gasteiger charge is -2.38. The normalized spacial score (nSPS) is 25.0. The van der Waals surface area contributed by atoms with Crippen molar-refractivity contribution in [1.29, 1.82) is 0 Å². The van der Waals surface area contributed by atoms with Gasteiger partial charge in [0.2, 0.25) is 5.91 Å². The van der Waals surface area contributed by atoms with E-state index in [0.717, 1.165) is 6.42 Å². The Kier molecular flexibility index (Phi) is 4.46. The topological polar surface area (TPSA) is 78.9 Å². The second-order valence-electron chi connectivity index (χ2n) is 7.13. The van der Waals surface area contributed by atoms with Crippen LogP contribution in [0.2, 0.25) is 0 Å². The van der Waals surface area contributed by atoms with Crippen molar-refractivity contribution in [3.8, 4) is 0 Å². The van der Waals surface area contributed by atoms with Gasteiger partial charge in [0.1, 0.15) is 5.60 Å². The Morgan fingerprint density at radius 1 is 1.43 bits per heavy atom. The summed E-state index contributed by atoms with van der Waals surface area (Å²) in [6, 6.07) is 0.0653. The number of hydrogen-bond acceptors (Lipinski definition) is 4. The fraction of sp³-hybridized carbons (Fsp3) is 0.867. The van der Waals surface area contributed by atoms with E-state index in [1.54, 1.807) is 4.90 Å². The molecule has 6 heteroatoms. The maximum absolute atomic E-state index is 12.2. The van der Waals surface area contributed by atoms with Crippen LogP contribution in [0.5, 0.6) is 0 Å². The number of hydrogen-bond donors (Lipinski definition) is 2. The zero-order chi connectivity index (χ0) is 15.7. The Morgan fingerprint density at radius 3 is 2.57 bits per heavy atom. The molecule has 2 rings (SSSR count). The molecule has 1 unspecified atom stereocenters. The molecule has 2 fully saturated rings. The number of ether oxygens (including phenoxy) is 1. The van der Waals surface area contributed by atoms with E-state index in [4.69, 9.17) is 9.84 Å². The first-order valence-corrected chi connectivity index (χ1v) is 7.65. The lowest BCUT2D eigenvalue weighted by Crippen LogP contribution is -2.47. The van der Waals surface area contributed by atoms with Gasteiger partial charge in [-0.2, -0.15) is 0 Å². The number of aliphatic hydroxyl groups excluding tert-OH is 1. The van der Waals surface area contributed by atoms with Crippen LogP contribution in [0.3, 0.4) is 0 Å². The molecule has 2 saturated heterocycles. The van der Waals surface area contributed by atoms with Gasteiger partial charge in [-0.3, -0.25) is 4.79 Å². The Morgan fingerprint density at radius 2 is 2.05 bits per heavy atom. The molecule has 21 heavy (non-hydrogen) atoms. The summed E-state index contributed by atoms with van der Waals surface area (Å²) in [5.74, 6) is 0.0739. The molecule has 0 aromatic rings. The molecule has 1 spiro atoms. The molecule has 2 N–H and O–H groups in total. The summed E-state index contributed by atoms with van der Waals surface area (Å²) in [5, 5.41) is 12.0. The molecule has 0 aromatic carbocycles. The van der Waals surface area contributed by atoms with Crippen molar-refractivity contribution in [2.24, 2.45) is 5.41 Å². The van der Waals surface area contributed by atoms with Gasteiger partial charge in [-0.05, 0) is 46.5 Å². The summed E-state index contributed by atoms with van der Waals surface area (Å²) in [4.78, 5) is 25.9. The molecule has 2 heterocycles. The highest BCUT2D eigenvalue weighted by atomic mass is 16.6. The summed E-state index contributed by atoms with van der Waals surface area (Å²) in [5.41, 5.74) is -0.860. The quantitative estimate of drug-likeness (QED) is 0.805. The molecule has 2 aliphatic heterocycles. The maximum Gasteiger partial charge on any atom is 0.410 e. The summed E-state index contributed by atoms with van der Waals surface area (Å²) >= 11 is 0. The van der Waals surface area contributed by atoms with E-state index < -0.39 is 5.60 Å². The lowest BCUT2D eigenvalue weighted by molar-refractivity contribution is -0.130. The van der Waals surface area contributed by atoms with Crippen molar-refractivity contribution in [3.63, 3.8) is 0 Å². The number of likely N-dealkylation sites (tertiary alicyclic amines) is 1. The molecule has 1 atom stereocenters. The van der Waals surface area contributed by atoms with Gasteiger partial charge in [-0.1, -0.05) is 0 Å². The SMILES string of the molecule is CC(C)(C)OC(=O)N1CCC2(CC1)CC(CCO)NC2=O. The van der Waals surface area contributed by atoms with Gasteiger partial charge in [-0.25, -0.2) is 4.79 Å². The van der Waals surface area contributed by atoms with Crippen LogP contribution in [0, 0.1) is 5.41 Å². The number of nitrogens with one attached hydrogen (secondary N) is 1. The number of amides is 2. The van der Waals surface area contributed by atoms with Crippen molar-refractivity contribution in [1.82, 2.24) is 10.2 Å². The number of carbonyl (C=O) groups excluding carboxylic acids is 2. The van der Waals surface area contributed by atoms with Crippen LogP contribution in [0.25, 0.3) is 0 Å². The smallest absolute Gasteiger partial charge is 0.410 e. The van der Waals surface area contributed by atoms with Gasteiger partial charge >= 0.3 is 6.09 Å². The Hall–Kier alpha value is -1.30. The van der Waals surface area contributed by atoms with E-state index in [0.29, 0.717) is 32.4 Å². The number of nitrogens with zero attached hydrogens (tertiary/aromatic N) is 1. The molecule has 0 aliphatic carbocycles. The van der Waals surface area contributed by atoms with Crippen LogP contribution in [0.15, 0.2) is 0 Å². The summed E-state index contributed by atoms with van der Waals surface area (Å²) in [6.07, 6.45) is 2.39. The first-order chi connectivity index (χ1) is 9.76. The Labute approximate surface area is 125 Å². The van der Waals surface area contributed by atoms with Crippen LogP contribution in [0.4, 0.5) is 4.79 Å². The van der Waals surface area contributed by atoms with Gasteiger partial charge in [0.05, 0.1) is 5.41 Å². The molecule has 120 valence electrons. The third-order valence-corrected chi connectivity index (χ3v) is 4.30. The molecule has 2 aliphatic rings. The highest BCUT2D eigenvalue weighted by Gasteiger charge is 2.48. The first kappa shape index (κ1) is 16.1. The van der Waals surface area contributed by atoms with Crippen LogP contribution in [0.1, 0.15) is 46.5 Å². The zero-order valence-electron chi connectivity index (χ0n) is 13.1. The highest BCUT2D eigenvalue weighted by molar-refractivity contribution is 5.85. The van der Waals surface area contributed by atoms with Gasteiger partial charge in [0.15, 0.2) is 0 Å². The maximum atomic E-state index is 12.2. The summed E-state index contributed by atoms with van der Waals surface area (Å²) in [6.45, 7) is 6.73. The van der Waals surface area contributed by atoms with Crippen molar-refractivity contribution in [3.05, 3.63) is 0 Å². The first-order valence-electron chi connectivity index (χ1n) is 7.65. The molecular weight excluding hydrogens is 272 g/mol. The van der Waals surface area contributed by atoms with Crippen LogP contribution in [-0.2, 0) is 9.53 Å². The van der Waals surface area contributed by atoms with Crippen molar-refractivity contribution >= 4 is 12.0 Å². The molecule has 0 saturated carbocycles. The Balaban J connectivity index is 1.91. The van der Waals surface area contributed by atoms with Crippen LogP contribution in [-0.4, -0.2) is 53.3 Å². The van der Waals surface area contributed by atoms with E-state index >= 15 is 0 Å². The van der Waals surface area contributed by atoms with Crippen molar-refractivity contribution in [2.45, 2.75) is 58.1 Å². The minimum atomic E-state index is -0.497. The molecule has 6 nitrogen and oxygen atoms in total. The second-order valence-corrected chi connectivity index (χ2v) is 7.13. The average molecular weight is 298 g/mol. The fourth-order valence-corrected chi connectivity index (χ4v) is 3.16. The van der Waals surface area contributed by atoms with E-state index in [1.807, 2.05) is 20.8 Å². The van der Waals surface area contributed by atoms with E-state index in [9.17, 15) is 9.59 Å². The number of carbonyl (C=O) groups is 2. The van der Waals surface area contributed by atoms with Gasteiger partial charge < -0.3 is 20.1 Å². The molecule has 0 bridgehead atoms. The minimum Gasteiger partial charge on any atom is -0.444 e. The lowest BCUT2D eigenvalue weighted by atomic mass is 9.76. The summed E-state index contributed by atoms with van der Waals surface area (Å²) < 4.78 is 5.37. The number of rotatable bonds is 2. The molecule has 0 aromatic heterocycles. The van der Waals surface area contributed by atoms with Gasteiger partial charge in [0.25, 0.3) is 0 Å². The Bertz CT molecular complexity index is 408. The van der Waals surface area contributed by atoms with Crippen LogP contribution >= 0.6 is 0 Å². The number of piperidine rings is 1. The summed E-state index contributed by atoms with van der Waals surface area (Å²) in [7, 11) is 0. The van der Waals surface area contributed by atoms with Crippen LogP contribution < -0.4 is 5.32 Å². The fourth-order valence-electron chi connectivity index (χ4n) is 3.16. The largest absolute Gasteiger partial charge is 0.444 e. The van der Waals surface area contributed by atoms with Crippen molar-refractivity contribution in [2.75, 3.05) is 19.7 Å².